The lowest BCUT2D eigenvalue weighted by molar-refractivity contribution is 0.533. The van der Waals surface area contributed by atoms with E-state index in [1.807, 2.05) is 0 Å². The summed E-state index contributed by atoms with van der Waals surface area (Å²) in [4.78, 5) is 0. The van der Waals surface area contributed by atoms with Gasteiger partial charge in [-0.1, -0.05) is 102 Å². The smallest absolute Gasteiger partial charge is 0.0950 e. The Morgan fingerprint density at radius 2 is 1.33 bits per heavy atom. The van der Waals surface area contributed by atoms with Crippen molar-refractivity contribution in [3.63, 3.8) is 0 Å². The normalized spacial score (nSPS) is 29.9. The molecule has 0 heterocycles. The highest BCUT2D eigenvalue weighted by Crippen LogP contribution is 2.78. The molecule has 3 aliphatic carbocycles. The fourth-order valence-electron chi connectivity index (χ4n) is 6.29. The molecule has 0 amide bonds. The molecular weight excluding hydrogens is 400 g/mol. The molecule has 1 fully saturated rings. The Kier molecular flexibility index (Phi) is 4.42. The van der Waals surface area contributed by atoms with Crippen LogP contribution in [0.4, 0.5) is 0 Å². The third-order valence-electron chi connectivity index (χ3n) is 8.32. The van der Waals surface area contributed by atoms with Crippen molar-refractivity contribution in [1.82, 2.24) is 0 Å². The third kappa shape index (κ3) is 2.90. The van der Waals surface area contributed by atoms with Crippen LogP contribution in [0.1, 0.15) is 70.2 Å². The predicted molar refractivity (Wildman–Crippen MR) is 133 cm³/mol. The molecule has 4 atom stereocenters. The number of rotatable bonds is 2. The lowest BCUT2D eigenvalue weighted by Gasteiger charge is -2.28. The first-order valence-electron chi connectivity index (χ1n) is 12.0. The van der Waals surface area contributed by atoms with E-state index < -0.39 is 10.8 Å². The van der Waals surface area contributed by atoms with Gasteiger partial charge in [0.25, 0.3) is 0 Å². The molecule has 2 heteroatoms. The van der Waals surface area contributed by atoms with Gasteiger partial charge in [0.1, 0.15) is 0 Å². The van der Waals surface area contributed by atoms with Gasteiger partial charge in [0.15, 0.2) is 0 Å². The zero-order valence-electron chi connectivity index (χ0n) is 20.5. The van der Waals surface area contributed by atoms with Gasteiger partial charge in [-0.15, -0.1) is 0 Å². The molecule has 0 aromatic heterocycles. The first kappa shape index (κ1) is 21.7. The van der Waals surface area contributed by atoms with Crippen molar-refractivity contribution in [2.45, 2.75) is 64.2 Å². The van der Waals surface area contributed by atoms with E-state index >= 15 is 0 Å². The van der Waals surface area contributed by atoms with E-state index in [9.17, 15) is 10.5 Å². The summed E-state index contributed by atoms with van der Waals surface area (Å²) in [6.07, 6.45) is 5.23. The van der Waals surface area contributed by atoms with Crippen molar-refractivity contribution in [3.05, 3.63) is 88.5 Å². The van der Waals surface area contributed by atoms with Gasteiger partial charge >= 0.3 is 0 Å². The van der Waals surface area contributed by atoms with Gasteiger partial charge in [0.05, 0.1) is 17.6 Å². The lowest BCUT2D eigenvalue weighted by Crippen LogP contribution is -2.19. The minimum atomic E-state index is -0.580. The molecule has 0 aliphatic heterocycles. The second kappa shape index (κ2) is 6.71. The van der Waals surface area contributed by atoms with E-state index in [0.29, 0.717) is 0 Å². The Hall–Kier alpha value is -3.10. The van der Waals surface area contributed by atoms with E-state index in [-0.39, 0.29) is 22.7 Å². The largest absolute Gasteiger partial charge is 0.197 e. The minimum absolute atomic E-state index is 0.0754. The fourth-order valence-corrected chi connectivity index (χ4v) is 6.29. The second-order valence-corrected chi connectivity index (χ2v) is 12.2. The third-order valence-corrected chi connectivity index (χ3v) is 8.32. The van der Waals surface area contributed by atoms with Gasteiger partial charge in [-0.3, -0.25) is 0 Å². The minimum Gasteiger partial charge on any atom is -0.197 e. The average Bonchev–Trinajstić information content (AvgIpc) is 3.42. The van der Waals surface area contributed by atoms with Crippen molar-refractivity contribution in [2.24, 2.45) is 17.3 Å². The van der Waals surface area contributed by atoms with E-state index in [4.69, 9.17) is 0 Å². The molecule has 3 unspecified atom stereocenters. The van der Waals surface area contributed by atoms with Crippen LogP contribution in [0.5, 0.6) is 0 Å². The maximum Gasteiger partial charge on any atom is 0.0950 e. The summed E-state index contributed by atoms with van der Waals surface area (Å²) in [5, 5.41) is 20.6. The van der Waals surface area contributed by atoms with Crippen LogP contribution < -0.4 is 0 Å². The van der Waals surface area contributed by atoms with Crippen molar-refractivity contribution >= 4 is 5.57 Å². The van der Waals surface area contributed by atoms with E-state index in [0.717, 1.165) is 28.7 Å². The maximum absolute atomic E-state index is 10.5. The summed E-state index contributed by atoms with van der Waals surface area (Å²) in [6.45, 7) is 13.3. The van der Waals surface area contributed by atoms with Crippen LogP contribution in [0.3, 0.4) is 0 Å². The summed E-state index contributed by atoms with van der Waals surface area (Å²) in [6, 6.07) is 22.7. The zero-order valence-corrected chi connectivity index (χ0v) is 20.5. The lowest BCUT2D eigenvalue weighted by atomic mass is 9.74. The molecule has 2 aromatic rings. The first-order valence-corrected chi connectivity index (χ1v) is 12.0. The standard InChI is InChI=1S/C31H32N2/c1-28(2,3)22-9-7-20(8-10-22)26-17-30(19-33)27-15-25(26)21(18-32)16-31(27,30)24-13-11-23(12-14-24)29(4,5)6/h7-14,16-17,25,27H,15H2,1-6H3/t25?,27?,30-,31?/m0/s1. The van der Waals surface area contributed by atoms with Gasteiger partial charge in [-0.05, 0) is 51.0 Å². The molecule has 5 rings (SSSR count). The van der Waals surface area contributed by atoms with Crippen LogP contribution in [-0.2, 0) is 16.2 Å². The highest BCUT2D eigenvalue weighted by atomic mass is 14.8. The van der Waals surface area contributed by atoms with Crippen molar-refractivity contribution in [2.75, 3.05) is 0 Å². The van der Waals surface area contributed by atoms with Crippen LogP contribution in [0.15, 0.2) is 66.3 Å². The first-order chi connectivity index (χ1) is 15.5. The second-order valence-electron chi connectivity index (χ2n) is 12.2. The molecule has 2 bridgehead atoms. The molecule has 0 N–H and O–H groups in total. The van der Waals surface area contributed by atoms with Crippen LogP contribution in [-0.4, -0.2) is 0 Å². The number of nitriles is 2. The quantitative estimate of drug-likeness (QED) is 0.503. The summed E-state index contributed by atoms with van der Waals surface area (Å²) in [5.74, 6) is 0.307. The fraction of sp³-hybridized carbons (Fsp3) is 0.419. The van der Waals surface area contributed by atoms with Crippen LogP contribution in [0.2, 0.25) is 0 Å². The van der Waals surface area contributed by atoms with Gasteiger partial charge in [-0.25, -0.2) is 0 Å². The molecule has 0 spiro atoms. The summed E-state index contributed by atoms with van der Waals surface area (Å²) < 4.78 is 0. The number of nitrogens with zero attached hydrogens (tertiary/aromatic N) is 2. The van der Waals surface area contributed by atoms with Crippen molar-refractivity contribution in [3.8, 4) is 12.1 Å². The number of hydrogen-bond donors (Lipinski definition) is 0. The Bertz CT molecular complexity index is 1260. The summed E-state index contributed by atoms with van der Waals surface area (Å²) >= 11 is 0. The Labute approximate surface area is 198 Å². The van der Waals surface area contributed by atoms with Gasteiger partial charge in [0.2, 0.25) is 0 Å². The SMILES string of the molecule is CC(C)(C)c1ccc(C2=C[C@]3(C#N)C4CC2C(C#N)=CC43c2ccc(C(C)(C)C)cc2)cc1. The molecular formula is C31H32N2. The van der Waals surface area contributed by atoms with Gasteiger partial charge < -0.3 is 0 Å². The molecule has 33 heavy (non-hydrogen) atoms. The zero-order chi connectivity index (χ0) is 23.8. The molecule has 0 saturated heterocycles. The number of benzene rings is 2. The van der Waals surface area contributed by atoms with Crippen molar-refractivity contribution < 1.29 is 0 Å². The Morgan fingerprint density at radius 3 is 1.82 bits per heavy atom. The highest BCUT2D eigenvalue weighted by Gasteiger charge is 2.79. The van der Waals surface area contributed by atoms with Gasteiger partial charge in [-0.2, -0.15) is 10.5 Å². The molecule has 166 valence electrons. The number of allylic oxidation sites excluding steroid dienone is 4. The maximum atomic E-state index is 10.5. The topological polar surface area (TPSA) is 47.6 Å². The van der Waals surface area contributed by atoms with Crippen LogP contribution >= 0.6 is 0 Å². The van der Waals surface area contributed by atoms with Crippen LogP contribution in [0, 0.1) is 39.9 Å². The number of fused-ring (bicyclic) bond motifs is 2. The molecule has 2 nitrogen and oxygen atoms in total. The Morgan fingerprint density at radius 1 is 0.788 bits per heavy atom. The average molecular weight is 433 g/mol. The predicted octanol–water partition coefficient (Wildman–Crippen LogP) is 7.23. The van der Waals surface area contributed by atoms with E-state index in [1.165, 1.54) is 11.1 Å². The van der Waals surface area contributed by atoms with Gasteiger partial charge in [0, 0.05) is 16.9 Å². The van der Waals surface area contributed by atoms with Crippen molar-refractivity contribution in [1.29, 1.82) is 10.5 Å². The summed E-state index contributed by atoms with van der Waals surface area (Å²) in [7, 11) is 0. The molecule has 3 aliphatic rings. The monoisotopic (exact) mass is 432 g/mol. The highest BCUT2D eigenvalue weighted by molar-refractivity contribution is 5.80. The molecule has 2 aromatic carbocycles. The summed E-state index contributed by atoms with van der Waals surface area (Å²) in [5.41, 5.74) is 6.02. The van der Waals surface area contributed by atoms with Crippen LogP contribution in [0.25, 0.3) is 5.57 Å². The molecule has 1 saturated carbocycles. The van der Waals surface area contributed by atoms with E-state index in [1.54, 1.807) is 0 Å². The number of hydrogen-bond acceptors (Lipinski definition) is 2. The molecule has 0 radical (unpaired) electrons. The Balaban J connectivity index is 1.63. The van der Waals surface area contributed by atoms with E-state index in [2.05, 4.69) is 114 Å².